The van der Waals surface area contributed by atoms with Gasteiger partial charge in [-0.05, 0) is 48.5 Å². The van der Waals surface area contributed by atoms with E-state index < -0.39 is 9.84 Å². The van der Waals surface area contributed by atoms with Gasteiger partial charge in [0.15, 0.2) is 0 Å². The summed E-state index contributed by atoms with van der Waals surface area (Å²) < 4.78 is 35.1. The van der Waals surface area contributed by atoms with E-state index in [0.29, 0.717) is 11.5 Å². The molecule has 0 bridgehead atoms. The van der Waals surface area contributed by atoms with Gasteiger partial charge in [0.05, 0.1) is 23.5 Å². The Labute approximate surface area is 123 Å². The summed E-state index contributed by atoms with van der Waals surface area (Å²) in [5.74, 6) is 1.11. The Kier molecular flexibility index (Phi) is 4.82. The third kappa shape index (κ3) is 3.53. The molecule has 2 rings (SSSR count). The number of methoxy groups -OCH3 is 1. The van der Waals surface area contributed by atoms with Crippen LogP contribution >= 0.6 is 0 Å². The average molecular weight is 308 g/mol. The quantitative estimate of drug-likeness (QED) is 0.882. The van der Waals surface area contributed by atoms with Gasteiger partial charge in [0.25, 0.3) is 0 Å². The van der Waals surface area contributed by atoms with E-state index >= 15 is 0 Å². The van der Waals surface area contributed by atoms with Crippen LogP contribution in [-0.2, 0) is 9.84 Å². The molecule has 2 aromatic carbocycles. The van der Waals surface area contributed by atoms with E-state index in [1.165, 1.54) is 31.4 Å². The van der Waals surface area contributed by atoms with Crippen molar-refractivity contribution in [1.29, 1.82) is 0 Å². The number of aliphatic hydroxyl groups is 1. The van der Waals surface area contributed by atoms with Crippen LogP contribution in [0.3, 0.4) is 0 Å². The third-order valence-electron chi connectivity index (χ3n) is 2.86. The predicted molar refractivity (Wildman–Crippen MR) is 77.5 cm³/mol. The Morgan fingerprint density at radius 2 is 1.38 bits per heavy atom. The minimum Gasteiger partial charge on any atom is -0.497 e. The van der Waals surface area contributed by atoms with Gasteiger partial charge in [0.1, 0.15) is 18.1 Å². The molecule has 0 heterocycles. The van der Waals surface area contributed by atoms with Crippen LogP contribution in [0.4, 0.5) is 0 Å². The van der Waals surface area contributed by atoms with Gasteiger partial charge in [0, 0.05) is 0 Å². The van der Waals surface area contributed by atoms with Gasteiger partial charge in [-0.25, -0.2) is 8.42 Å². The second-order valence-corrected chi connectivity index (χ2v) is 6.17. The molecule has 0 radical (unpaired) electrons. The fraction of sp³-hybridized carbons (Fsp3) is 0.200. The van der Waals surface area contributed by atoms with Gasteiger partial charge in [-0.1, -0.05) is 0 Å². The molecule has 6 heteroatoms. The molecule has 0 aliphatic rings. The molecule has 0 amide bonds. The molecule has 2 aromatic rings. The Hall–Kier alpha value is -2.05. The van der Waals surface area contributed by atoms with E-state index in [1.807, 2.05) is 0 Å². The molecular formula is C15H16O5S. The number of hydrogen-bond donors (Lipinski definition) is 1. The van der Waals surface area contributed by atoms with Gasteiger partial charge in [-0.2, -0.15) is 0 Å². The maximum absolute atomic E-state index is 12.4. The molecule has 0 saturated heterocycles. The number of rotatable bonds is 6. The van der Waals surface area contributed by atoms with Crippen LogP contribution in [0.2, 0.25) is 0 Å². The molecule has 5 nitrogen and oxygen atoms in total. The number of sulfone groups is 1. The summed E-state index contributed by atoms with van der Waals surface area (Å²) in [7, 11) is -2.04. The molecule has 0 atom stereocenters. The lowest BCUT2D eigenvalue weighted by molar-refractivity contribution is 0.201. The fourth-order valence-electron chi connectivity index (χ4n) is 1.77. The number of aliphatic hydroxyl groups excluding tert-OH is 1. The molecule has 0 unspecified atom stereocenters. The van der Waals surface area contributed by atoms with Crippen molar-refractivity contribution >= 4 is 9.84 Å². The van der Waals surface area contributed by atoms with Crippen molar-refractivity contribution in [2.24, 2.45) is 0 Å². The Morgan fingerprint density at radius 1 is 0.905 bits per heavy atom. The van der Waals surface area contributed by atoms with Crippen LogP contribution in [0, 0.1) is 0 Å². The summed E-state index contributed by atoms with van der Waals surface area (Å²) >= 11 is 0. The van der Waals surface area contributed by atoms with Crippen LogP contribution in [-0.4, -0.2) is 33.8 Å². The molecule has 21 heavy (non-hydrogen) atoms. The number of hydrogen-bond acceptors (Lipinski definition) is 5. The van der Waals surface area contributed by atoms with Crippen LogP contribution in [0.1, 0.15) is 0 Å². The molecule has 0 aliphatic carbocycles. The average Bonchev–Trinajstić information content (AvgIpc) is 2.53. The van der Waals surface area contributed by atoms with Crippen LogP contribution in [0.15, 0.2) is 58.3 Å². The normalized spacial score (nSPS) is 11.1. The van der Waals surface area contributed by atoms with E-state index in [9.17, 15) is 8.42 Å². The first-order valence-electron chi connectivity index (χ1n) is 6.31. The lowest BCUT2D eigenvalue weighted by Crippen LogP contribution is -2.04. The summed E-state index contributed by atoms with van der Waals surface area (Å²) in [5.41, 5.74) is 0. The standard InChI is InChI=1S/C15H16O5S/c1-19-12-2-6-14(7-3-12)21(17,18)15-8-4-13(5-9-15)20-11-10-16/h2-9,16H,10-11H2,1H3. The van der Waals surface area contributed by atoms with E-state index in [-0.39, 0.29) is 23.0 Å². The zero-order chi connectivity index (χ0) is 15.3. The minimum atomic E-state index is -3.56. The monoisotopic (exact) mass is 308 g/mol. The van der Waals surface area contributed by atoms with Crippen molar-refractivity contribution < 1.29 is 23.0 Å². The Morgan fingerprint density at radius 3 is 1.81 bits per heavy atom. The second kappa shape index (κ2) is 6.60. The Balaban J connectivity index is 2.25. The molecule has 0 spiro atoms. The summed E-state index contributed by atoms with van der Waals surface area (Å²) in [6.07, 6.45) is 0. The first-order valence-corrected chi connectivity index (χ1v) is 7.79. The molecule has 1 N–H and O–H groups in total. The molecular weight excluding hydrogens is 292 g/mol. The first-order chi connectivity index (χ1) is 10.1. The lowest BCUT2D eigenvalue weighted by atomic mass is 10.3. The van der Waals surface area contributed by atoms with Gasteiger partial charge >= 0.3 is 0 Å². The molecule has 112 valence electrons. The largest absolute Gasteiger partial charge is 0.497 e. The number of benzene rings is 2. The summed E-state index contributed by atoms with van der Waals surface area (Å²) in [4.78, 5) is 0.386. The van der Waals surface area contributed by atoms with Crippen LogP contribution in [0.5, 0.6) is 11.5 Å². The number of ether oxygens (including phenoxy) is 2. The van der Waals surface area contributed by atoms with Gasteiger partial charge in [-0.15, -0.1) is 0 Å². The topological polar surface area (TPSA) is 72.8 Å². The van der Waals surface area contributed by atoms with Crippen molar-refractivity contribution in [3.05, 3.63) is 48.5 Å². The van der Waals surface area contributed by atoms with E-state index in [1.54, 1.807) is 24.3 Å². The first kappa shape index (κ1) is 15.3. The van der Waals surface area contributed by atoms with Crippen molar-refractivity contribution in [1.82, 2.24) is 0 Å². The van der Waals surface area contributed by atoms with E-state index in [4.69, 9.17) is 14.6 Å². The van der Waals surface area contributed by atoms with Crippen LogP contribution < -0.4 is 9.47 Å². The van der Waals surface area contributed by atoms with Crippen molar-refractivity contribution in [2.45, 2.75) is 9.79 Å². The molecule has 0 fully saturated rings. The lowest BCUT2D eigenvalue weighted by Gasteiger charge is -2.08. The maximum Gasteiger partial charge on any atom is 0.206 e. The highest BCUT2D eigenvalue weighted by Crippen LogP contribution is 2.24. The molecule has 0 saturated carbocycles. The summed E-state index contributed by atoms with van der Waals surface area (Å²) in [6, 6.07) is 12.3. The van der Waals surface area contributed by atoms with Gasteiger partial charge in [-0.3, -0.25) is 0 Å². The second-order valence-electron chi connectivity index (χ2n) is 4.22. The van der Waals surface area contributed by atoms with Crippen LogP contribution in [0.25, 0.3) is 0 Å². The molecule has 0 aromatic heterocycles. The van der Waals surface area contributed by atoms with Crippen molar-refractivity contribution in [2.75, 3.05) is 20.3 Å². The Bertz CT molecular complexity index is 675. The summed E-state index contributed by atoms with van der Waals surface area (Å²) in [6.45, 7) is 0.0798. The fourth-order valence-corrected chi connectivity index (χ4v) is 3.03. The van der Waals surface area contributed by atoms with Crippen molar-refractivity contribution in [3.63, 3.8) is 0 Å². The third-order valence-corrected chi connectivity index (χ3v) is 4.65. The maximum atomic E-state index is 12.4. The van der Waals surface area contributed by atoms with Gasteiger partial charge in [0.2, 0.25) is 9.84 Å². The molecule has 0 aliphatic heterocycles. The smallest absolute Gasteiger partial charge is 0.206 e. The minimum absolute atomic E-state index is 0.0914. The highest BCUT2D eigenvalue weighted by atomic mass is 32.2. The van der Waals surface area contributed by atoms with E-state index in [2.05, 4.69) is 0 Å². The van der Waals surface area contributed by atoms with Gasteiger partial charge < -0.3 is 14.6 Å². The highest BCUT2D eigenvalue weighted by Gasteiger charge is 2.17. The van der Waals surface area contributed by atoms with E-state index in [0.717, 1.165) is 0 Å². The zero-order valence-corrected chi connectivity index (χ0v) is 12.3. The van der Waals surface area contributed by atoms with Crippen molar-refractivity contribution in [3.8, 4) is 11.5 Å². The highest BCUT2D eigenvalue weighted by molar-refractivity contribution is 7.91. The summed E-state index contributed by atoms with van der Waals surface area (Å²) in [5, 5.41) is 8.67. The SMILES string of the molecule is COc1ccc(S(=O)(=O)c2ccc(OCCO)cc2)cc1. The predicted octanol–water partition coefficient (Wildman–Crippen LogP) is 1.90. The zero-order valence-electron chi connectivity index (χ0n) is 11.5.